The molecule has 1 aliphatic heterocycles. The van der Waals surface area contributed by atoms with Gasteiger partial charge in [0, 0.05) is 39.0 Å². The van der Waals surface area contributed by atoms with Crippen LogP contribution in [0.1, 0.15) is 22.3 Å². The van der Waals surface area contributed by atoms with Crippen molar-refractivity contribution in [1.82, 2.24) is 0 Å². The van der Waals surface area contributed by atoms with Crippen LogP contribution in [0, 0.1) is 0 Å². The molecule has 2 aliphatic carbocycles. The third kappa shape index (κ3) is 6.05. The fourth-order valence-corrected chi connectivity index (χ4v) is 13.3. The van der Waals surface area contributed by atoms with E-state index < -0.39 is 5.41 Å². The molecule has 3 aliphatic rings. The second kappa shape index (κ2) is 16.5. The van der Waals surface area contributed by atoms with Crippen molar-refractivity contribution in [2.24, 2.45) is 0 Å². The Morgan fingerprint density at radius 3 is 1.58 bits per heavy atom. The molecule has 12 aromatic carbocycles. The number of rotatable bonds is 5. The maximum Gasteiger partial charge on any atom is 0.136 e. The standard InChI is InChI=1S/C73H46N2O/c1-3-21-47(22-4-1)48-23-19-26-50(43-48)74(69-39-20-35-61-55-30-10-9-29-54(55)59-33-13-17-38-68(59)75(72(61)69)49-24-5-2-6-25-49)51-41-42-58-53-28-8-7-27-52(53)56-31-11-15-36-64(56)73(66(58)44-51)65-37-16-12-32-57(65)62-46-71-63(45-67(62)73)60-34-14-18-40-70(60)76-71/h1-46H. The van der Waals surface area contributed by atoms with Crippen LogP contribution in [-0.2, 0) is 5.41 Å². The molecule has 1 spiro atoms. The highest BCUT2D eigenvalue weighted by atomic mass is 16.3. The third-order valence-electron chi connectivity index (χ3n) is 16.4. The van der Waals surface area contributed by atoms with Crippen LogP contribution < -0.4 is 9.80 Å². The van der Waals surface area contributed by atoms with E-state index in [1.165, 1.54) is 72.3 Å². The summed E-state index contributed by atoms with van der Waals surface area (Å²) < 4.78 is 6.70. The van der Waals surface area contributed by atoms with Gasteiger partial charge in [-0.15, -0.1) is 0 Å². The number of furan rings is 1. The molecular weight excluding hydrogens is 921 g/mol. The maximum absolute atomic E-state index is 6.70. The van der Waals surface area contributed by atoms with Gasteiger partial charge < -0.3 is 14.2 Å². The molecule has 1 atom stereocenters. The van der Waals surface area contributed by atoms with Gasteiger partial charge in [-0.25, -0.2) is 0 Å². The summed E-state index contributed by atoms with van der Waals surface area (Å²) in [5.41, 5.74) is 26.8. The molecule has 0 amide bonds. The molecule has 3 heteroatoms. The average Bonchev–Trinajstić information content (AvgIpc) is 4.15. The molecule has 0 radical (unpaired) electrons. The minimum Gasteiger partial charge on any atom is -0.456 e. The Morgan fingerprint density at radius 2 is 0.829 bits per heavy atom. The SMILES string of the molecule is c1ccc(-c2cccc(N(c3ccc4c(c3)C3(c5ccccc5-c5ccccc5-4)c4ccccc4-c4cc5oc6ccccc6c5cc43)c3cccc4c3N(c3ccccc3)c3ccccc3-c3ccccc3-4)c2)cc1. The van der Waals surface area contributed by atoms with E-state index in [0.717, 1.165) is 72.8 Å². The van der Waals surface area contributed by atoms with Gasteiger partial charge in [-0.1, -0.05) is 212 Å². The van der Waals surface area contributed by atoms with E-state index >= 15 is 0 Å². The molecule has 3 nitrogen and oxygen atoms in total. The molecule has 76 heavy (non-hydrogen) atoms. The molecule has 13 aromatic rings. The molecule has 354 valence electrons. The lowest BCUT2D eigenvalue weighted by atomic mass is 9.65. The largest absolute Gasteiger partial charge is 0.456 e. The summed E-state index contributed by atoms with van der Waals surface area (Å²) in [4.78, 5) is 5.03. The lowest BCUT2D eigenvalue weighted by Crippen LogP contribution is -2.29. The molecule has 1 unspecified atom stereocenters. The van der Waals surface area contributed by atoms with Gasteiger partial charge in [0.2, 0.25) is 0 Å². The van der Waals surface area contributed by atoms with Gasteiger partial charge in [0.05, 0.1) is 22.5 Å². The van der Waals surface area contributed by atoms with Gasteiger partial charge in [-0.05, 0) is 145 Å². The fraction of sp³-hybridized carbons (Fsp3) is 0.0137. The van der Waals surface area contributed by atoms with E-state index in [-0.39, 0.29) is 0 Å². The number of anilines is 6. The summed E-state index contributed by atoms with van der Waals surface area (Å²) in [5, 5.41) is 2.23. The van der Waals surface area contributed by atoms with Crippen LogP contribution in [0.15, 0.2) is 283 Å². The van der Waals surface area contributed by atoms with Gasteiger partial charge in [-0.3, -0.25) is 0 Å². The lowest BCUT2D eigenvalue weighted by Gasteiger charge is -2.37. The van der Waals surface area contributed by atoms with Crippen molar-refractivity contribution in [3.63, 3.8) is 0 Å². The summed E-state index contributed by atoms with van der Waals surface area (Å²) in [5.74, 6) is 0. The van der Waals surface area contributed by atoms with Crippen molar-refractivity contribution in [1.29, 1.82) is 0 Å². The summed E-state index contributed by atoms with van der Waals surface area (Å²) in [6.07, 6.45) is 0. The zero-order chi connectivity index (χ0) is 49.9. The normalized spacial score (nSPS) is 14.3. The van der Waals surface area contributed by atoms with Crippen molar-refractivity contribution >= 4 is 56.1 Å². The average molecular weight is 967 g/mol. The molecular formula is C73H46N2O. The van der Waals surface area contributed by atoms with Crippen molar-refractivity contribution in [2.45, 2.75) is 5.41 Å². The molecule has 2 heterocycles. The first-order chi connectivity index (χ1) is 37.7. The van der Waals surface area contributed by atoms with Crippen LogP contribution >= 0.6 is 0 Å². The van der Waals surface area contributed by atoms with Crippen LogP contribution in [0.5, 0.6) is 0 Å². The number of nitrogens with zero attached hydrogens (tertiary/aromatic N) is 2. The quantitative estimate of drug-likeness (QED) is 0.171. The molecule has 1 aromatic heterocycles. The van der Waals surface area contributed by atoms with Gasteiger partial charge in [-0.2, -0.15) is 0 Å². The molecule has 0 saturated heterocycles. The first kappa shape index (κ1) is 42.5. The smallest absolute Gasteiger partial charge is 0.136 e. The Labute approximate surface area is 441 Å². The second-order valence-electron chi connectivity index (χ2n) is 20.3. The number of benzene rings is 12. The van der Waals surface area contributed by atoms with E-state index in [2.05, 4.69) is 289 Å². The highest BCUT2D eigenvalue weighted by Gasteiger charge is 2.50. The highest BCUT2D eigenvalue weighted by Crippen LogP contribution is 2.64. The van der Waals surface area contributed by atoms with Gasteiger partial charge >= 0.3 is 0 Å². The predicted octanol–water partition coefficient (Wildman–Crippen LogP) is 19.9. The summed E-state index contributed by atoms with van der Waals surface area (Å²) >= 11 is 0. The molecule has 0 bridgehead atoms. The molecule has 16 rings (SSSR count). The monoisotopic (exact) mass is 966 g/mol. The van der Waals surface area contributed by atoms with Crippen molar-refractivity contribution in [3.05, 3.63) is 301 Å². The minimum absolute atomic E-state index is 0.751. The van der Waals surface area contributed by atoms with Crippen LogP contribution in [0.2, 0.25) is 0 Å². The van der Waals surface area contributed by atoms with E-state index in [0.29, 0.717) is 0 Å². The van der Waals surface area contributed by atoms with Crippen LogP contribution in [0.3, 0.4) is 0 Å². The van der Waals surface area contributed by atoms with E-state index in [1.807, 2.05) is 0 Å². The van der Waals surface area contributed by atoms with E-state index in [9.17, 15) is 0 Å². The highest BCUT2D eigenvalue weighted by molar-refractivity contribution is 6.10. The zero-order valence-electron chi connectivity index (χ0n) is 41.4. The van der Waals surface area contributed by atoms with E-state index in [1.54, 1.807) is 0 Å². The fourth-order valence-electron chi connectivity index (χ4n) is 13.3. The molecule has 0 fully saturated rings. The molecule has 0 N–H and O–H groups in total. The van der Waals surface area contributed by atoms with Gasteiger partial charge in [0.1, 0.15) is 11.2 Å². The summed E-state index contributed by atoms with van der Waals surface area (Å²) in [7, 11) is 0. The van der Waals surface area contributed by atoms with Crippen molar-refractivity contribution in [2.75, 3.05) is 9.80 Å². The third-order valence-corrected chi connectivity index (χ3v) is 16.4. The number of fused-ring (bicyclic) bond motifs is 20. The number of hydrogen-bond donors (Lipinski definition) is 0. The Morgan fingerprint density at radius 1 is 0.303 bits per heavy atom. The zero-order valence-corrected chi connectivity index (χ0v) is 41.4. The van der Waals surface area contributed by atoms with Crippen molar-refractivity contribution < 1.29 is 4.42 Å². The lowest BCUT2D eigenvalue weighted by molar-refractivity contribution is 0.668. The first-order valence-electron chi connectivity index (χ1n) is 26.2. The maximum atomic E-state index is 6.70. The Bertz CT molecular complexity index is 4490. The second-order valence-corrected chi connectivity index (χ2v) is 20.3. The number of para-hydroxylation sites is 4. The predicted molar refractivity (Wildman–Crippen MR) is 315 cm³/mol. The van der Waals surface area contributed by atoms with E-state index in [4.69, 9.17) is 4.42 Å². The Kier molecular flexibility index (Phi) is 9.25. The summed E-state index contributed by atoms with van der Waals surface area (Å²) in [6.45, 7) is 0. The van der Waals surface area contributed by atoms with Crippen LogP contribution in [0.25, 0.3) is 88.7 Å². The Balaban J connectivity index is 1.05. The Hall–Kier alpha value is -9.96. The first-order valence-corrected chi connectivity index (χ1v) is 26.2. The van der Waals surface area contributed by atoms with Crippen molar-refractivity contribution in [3.8, 4) is 66.8 Å². The van der Waals surface area contributed by atoms with Crippen LogP contribution in [-0.4, -0.2) is 0 Å². The van der Waals surface area contributed by atoms with Crippen LogP contribution in [0.4, 0.5) is 34.1 Å². The topological polar surface area (TPSA) is 19.6 Å². The summed E-state index contributed by atoms with van der Waals surface area (Å²) in [6, 6.07) is 103. The molecule has 0 saturated carbocycles. The minimum atomic E-state index is -0.751. The van der Waals surface area contributed by atoms with Gasteiger partial charge in [0.25, 0.3) is 0 Å². The van der Waals surface area contributed by atoms with Gasteiger partial charge in [0.15, 0.2) is 0 Å². The number of hydrogen-bond acceptors (Lipinski definition) is 3.